The van der Waals surface area contributed by atoms with Crippen molar-refractivity contribution < 1.29 is 14.3 Å². The highest BCUT2D eigenvalue weighted by Gasteiger charge is 2.19. The number of hydrogen-bond donors (Lipinski definition) is 0. The molecule has 0 saturated carbocycles. The first-order chi connectivity index (χ1) is 8.88. The van der Waals surface area contributed by atoms with Crippen LogP contribution in [-0.2, 0) is 9.47 Å². The highest BCUT2D eigenvalue weighted by molar-refractivity contribution is 5.91. The summed E-state index contributed by atoms with van der Waals surface area (Å²) in [7, 11) is 0. The maximum absolute atomic E-state index is 11.0. The lowest BCUT2D eigenvalue weighted by Gasteiger charge is -2.24. The maximum Gasteiger partial charge on any atom is 0.184 e. The molecule has 3 nitrogen and oxygen atoms in total. The van der Waals surface area contributed by atoms with Gasteiger partial charge in [-0.2, -0.15) is 0 Å². The Labute approximate surface area is 105 Å². The third-order valence-electron chi connectivity index (χ3n) is 3.13. The van der Waals surface area contributed by atoms with Gasteiger partial charge in [-0.05, 0) is 29.3 Å². The van der Waals surface area contributed by atoms with Crippen molar-refractivity contribution in [2.24, 2.45) is 0 Å². The summed E-state index contributed by atoms with van der Waals surface area (Å²) < 4.78 is 11.3. The molecule has 1 saturated heterocycles. The minimum absolute atomic E-state index is 0.358. The smallest absolute Gasteiger partial charge is 0.184 e. The molecule has 3 rings (SSSR count). The fourth-order valence-electron chi connectivity index (χ4n) is 2.29. The third-order valence-corrected chi connectivity index (χ3v) is 3.13. The van der Waals surface area contributed by atoms with Gasteiger partial charge < -0.3 is 9.47 Å². The quantitative estimate of drug-likeness (QED) is 0.759. The van der Waals surface area contributed by atoms with Crippen LogP contribution in [0.2, 0.25) is 0 Å². The molecule has 0 aliphatic carbocycles. The van der Waals surface area contributed by atoms with Crippen molar-refractivity contribution in [3.8, 4) is 0 Å². The summed E-state index contributed by atoms with van der Waals surface area (Å²) >= 11 is 0. The Kier molecular flexibility index (Phi) is 3.09. The molecule has 2 aromatic rings. The monoisotopic (exact) mass is 242 g/mol. The van der Waals surface area contributed by atoms with Gasteiger partial charge in [-0.15, -0.1) is 0 Å². The molecule has 0 atom stereocenters. The van der Waals surface area contributed by atoms with Crippen LogP contribution in [0.5, 0.6) is 0 Å². The lowest BCUT2D eigenvalue weighted by atomic mass is 10.0. The van der Waals surface area contributed by atoms with E-state index in [0.717, 1.165) is 29.0 Å². The maximum atomic E-state index is 11.0. The molecular formula is C15H14O3. The van der Waals surface area contributed by atoms with Gasteiger partial charge in [0.1, 0.15) is 6.29 Å². The molecule has 0 N–H and O–H groups in total. The van der Waals surface area contributed by atoms with Crippen LogP contribution >= 0.6 is 0 Å². The van der Waals surface area contributed by atoms with Gasteiger partial charge in [-0.1, -0.05) is 24.3 Å². The second kappa shape index (κ2) is 4.88. The SMILES string of the molecule is O=Cc1cc(C2OCCCO2)c2ccccc2c1. The Morgan fingerprint density at radius 1 is 1.11 bits per heavy atom. The van der Waals surface area contributed by atoms with E-state index < -0.39 is 0 Å². The van der Waals surface area contributed by atoms with Crippen molar-refractivity contribution in [3.05, 3.63) is 47.5 Å². The van der Waals surface area contributed by atoms with Crippen LogP contribution < -0.4 is 0 Å². The minimum Gasteiger partial charge on any atom is -0.348 e. The van der Waals surface area contributed by atoms with E-state index >= 15 is 0 Å². The number of ether oxygens (including phenoxy) is 2. The first-order valence-electron chi connectivity index (χ1n) is 6.09. The van der Waals surface area contributed by atoms with Gasteiger partial charge in [-0.25, -0.2) is 0 Å². The Balaban J connectivity index is 2.15. The van der Waals surface area contributed by atoms with Crippen molar-refractivity contribution in [2.75, 3.05) is 13.2 Å². The standard InChI is InChI=1S/C15H14O3/c16-10-11-8-12-4-1-2-5-13(12)14(9-11)15-17-6-3-7-18-15/h1-2,4-5,8-10,15H,3,6-7H2. The van der Waals surface area contributed by atoms with Gasteiger partial charge in [0.2, 0.25) is 0 Å². The van der Waals surface area contributed by atoms with Crippen LogP contribution in [0, 0.1) is 0 Å². The molecule has 1 heterocycles. The number of benzene rings is 2. The molecule has 2 aromatic carbocycles. The van der Waals surface area contributed by atoms with Crippen LogP contribution in [0.3, 0.4) is 0 Å². The molecule has 0 aromatic heterocycles. The lowest BCUT2D eigenvalue weighted by molar-refractivity contribution is -0.182. The van der Waals surface area contributed by atoms with Gasteiger partial charge in [0.25, 0.3) is 0 Å². The van der Waals surface area contributed by atoms with Gasteiger partial charge in [-0.3, -0.25) is 4.79 Å². The van der Waals surface area contributed by atoms with Gasteiger partial charge in [0.15, 0.2) is 6.29 Å². The van der Waals surface area contributed by atoms with E-state index in [0.29, 0.717) is 18.8 Å². The molecule has 0 amide bonds. The largest absolute Gasteiger partial charge is 0.348 e. The molecule has 0 radical (unpaired) electrons. The average molecular weight is 242 g/mol. The van der Waals surface area contributed by atoms with Crippen molar-refractivity contribution in [3.63, 3.8) is 0 Å². The lowest BCUT2D eigenvalue weighted by Crippen LogP contribution is -2.18. The van der Waals surface area contributed by atoms with Gasteiger partial charge in [0.05, 0.1) is 13.2 Å². The normalized spacial score (nSPS) is 16.9. The summed E-state index contributed by atoms with van der Waals surface area (Å²) in [5.41, 5.74) is 1.59. The molecule has 0 unspecified atom stereocenters. The molecule has 3 heteroatoms. The summed E-state index contributed by atoms with van der Waals surface area (Å²) in [6, 6.07) is 11.7. The number of aldehydes is 1. The zero-order valence-corrected chi connectivity index (χ0v) is 9.96. The van der Waals surface area contributed by atoms with E-state index in [1.54, 1.807) is 0 Å². The van der Waals surface area contributed by atoms with E-state index in [1.807, 2.05) is 36.4 Å². The van der Waals surface area contributed by atoms with Crippen LogP contribution in [0.4, 0.5) is 0 Å². The first-order valence-corrected chi connectivity index (χ1v) is 6.09. The summed E-state index contributed by atoms with van der Waals surface area (Å²) in [6.45, 7) is 1.40. The Morgan fingerprint density at radius 3 is 2.67 bits per heavy atom. The van der Waals surface area contributed by atoms with E-state index in [1.165, 1.54) is 0 Å². The van der Waals surface area contributed by atoms with E-state index in [-0.39, 0.29) is 6.29 Å². The van der Waals surface area contributed by atoms with Crippen molar-refractivity contribution in [1.82, 2.24) is 0 Å². The number of hydrogen-bond acceptors (Lipinski definition) is 3. The summed E-state index contributed by atoms with van der Waals surface area (Å²) in [5.74, 6) is 0. The van der Waals surface area contributed by atoms with Gasteiger partial charge >= 0.3 is 0 Å². The molecular weight excluding hydrogens is 228 g/mol. The van der Waals surface area contributed by atoms with Crippen molar-refractivity contribution >= 4 is 17.1 Å². The topological polar surface area (TPSA) is 35.5 Å². The number of carbonyl (C=O) groups is 1. The highest BCUT2D eigenvalue weighted by atomic mass is 16.7. The average Bonchev–Trinajstić information content (AvgIpc) is 2.47. The molecule has 1 fully saturated rings. The van der Waals surface area contributed by atoms with Crippen LogP contribution in [0.25, 0.3) is 10.8 Å². The van der Waals surface area contributed by atoms with Crippen LogP contribution in [-0.4, -0.2) is 19.5 Å². The molecule has 92 valence electrons. The van der Waals surface area contributed by atoms with Crippen molar-refractivity contribution in [1.29, 1.82) is 0 Å². The zero-order chi connectivity index (χ0) is 12.4. The predicted molar refractivity (Wildman–Crippen MR) is 68.6 cm³/mol. The minimum atomic E-state index is -0.358. The second-order valence-electron chi connectivity index (χ2n) is 4.38. The van der Waals surface area contributed by atoms with E-state index in [4.69, 9.17) is 9.47 Å². The molecule has 0 bridgehead atoms. The Bertz CT molecular complexity index is 571. The zero-order valence-electron chi connectivity index (χ0n) is 9.96. The van der Waals surface area contributed by atoms with E-state index in [2.05, 4.69) is 0 Å². The summed E-state index contributed by atoms with van der Waals surface area (Å²) in [5, 5.41) is 2.12. The van der Waals surface area contributed by atoms with Crippen LogP contribution in [0.15, 0.2) is 36.4 Å². The predicted octanol–water partition coefficient (Wildman–Crippen LogP) is 3.09. The third kappa shape index (κ3) is 2.03. The Morgan fingerprint density at radius 2 is 1.89 bits per heavy atom. The fraction of sp³-hybridized carbons (Fsp3) is 0.267. The molecule has 1 aliphatic heterocycles. The number of fused-ring (bicyclic) bond motifs is 1. The molecule has 18 heavy (non-hydrogen) atoms. The molecule has 1 aliphatic rings. The second-order valence-corrected chi connectivity index (χ2v) is 4.38. The summed E-state index contributed by atoms with van der Waals surface area (Å²) in [4.78, 5) is 11.0. The van der Waals surface area contributed by atoms with Gasteiger partial charge in [0, 0.05) is 11.1 Å². The van der Waals surface area contributed by atoms with Crippen molar-refractivity contribution in [2.45, 2.75) is 12.7 Å². The number of carbonyl (C=O) groups excluding carboxylic acids is 1. The van der Waals surface area contributed by atoms with Crippen LogP contribution in [0.1, 0.15) is 28.6 Å². The van der Waals surface area contributed by atoms with E-state index in [9.17, 15) is 4.79 Å². The summed E-state index contributed by atoms with van der Waals surface area (Å²) in [6.07, 6.45) is 1.42. The number of rotatable bonds is 2. The Hall–Kier alpha value is -1.71. The first kappa shape index (κ1) is 11.4. The molecule has 0 spiro atoms. The highest BCUT2D eigenvalue weighted by Crippen LogP contribution is 2.30. The fourth-order valence-corrected chi connectivity index (χ4v) is 2.29.